The summed E-state index contributed by atoms with van der Waals surface area (Å²) >= 11 is 1.90. The minimum Gasteiger partial charge on any atom is -0.365 e. The normalized spacial score (nSPS) is 26.5. The van der Waals surface area contributed by atoms with Gasteiger partial charge in [0.15, 0.2) is 0 Å². The number of carbonyl (C=O) groups is 1. The standard InChI is InChI=1S/C24H34N4OS/c1-26(2)24(29)25-19-8-6-17(7-9-19)10-11-27-12-13-28-20(15-27)14-18-16-30-22-5-3-4-21(28)23(18)22/h3-5,16-17,19-20H,6-15H2,1-2H3,(H,25,29)/t17?,19?,20-/m1/s1. The summed E-state index contributed by atoms with van der Waals surface area (Å²) in [5.74, 6) is 0.819. The Kier molecular flexibility index (Phi) is 5.63. The third kappa shape index (κ3) is 3.92. The summed E-state index contributed by atoms with van der Waals surface area (Å²) in [4.78, 5) is 18.9. The van der Waals surface area contributed by atoms with Gasteiger partial charge in [-0.2, -0.15) is 0 Å². The lowest BCUT2D eigenvalue weighted by Gasteiger charge is -2.45. The van der Waals surface area contributed by atoms with E-state index >= 15 is 0 Å². The number of fused-ring (bicyclic) bond motifs is 2. The number of nitrogens with zero attached hydrogens (tertiary/aromatic N) is 3. The van der Waals surface area contributed by atoms with Crippen molar-refractivity contribution in [1.29, 1.82) is 0 Å². The molecular weight excluding hydrogens is 392 g/mol. The van der Waals surface area contributed by atoms with Gasteiger partial charge in [0.05, 0.1) is 0 Å². The third-order valence-electron chi connectivity index (χ3n) is 7.42. The Hall–Kier alpha value is -1.79. The highest BCUT2D eigenvalue weighted by atomic mass is 32.1. The highest BCUT2D eigenvalue weighted by molar-refractivity contribution is 7.17. The number of piperazine rings is 1. The van der Waals surface area contributed by atoms with Gasteiger partial charge >= 0.3 is 6.03 Å². The van der Waals surface area contributed by atoms with Crippen LogP contribution in [0.2, 0.25) is 0 Å². The van der Waals surface area contributed by atoms with E-state index in [1.807, 2.05) is 25.4 Å². The number of hydrogen-bond acceptors (Lipinski definition) is 4. The molecule has 1 aliphatic carbocycles. The van der Waals surface area contributed by atoms with Crippen molar-refractivity contribution in [3.8, 4) is 0 Å². The molecule has 162 valence electrons. The highest BCUT2D eigenvalue weighted by Gasteiger charge is 2.33. The van der Waals surface area contributed by atoms with Gasteiger partial charge in [0, 0.05) is 61.6 Å². The Bertz CT molecular complexity index is 902. The van der Waals surface area contributed by atoms with E-state index in [1.165, 1.54) is 61.1 Å². The van der Waals surface area contributed by atoms with Crippen molar-refractivity contribution < 1.29 is 4.79 Å². The largest absolute Gasteiger partial charge is 0.365 e. The summed E-state index contributed by atoms with van der Waals surface area (Å²) in [6.45, 7) is 4.76. The minimum atomic E-state index is 0.0493. The number of amides is 2. The van der Waals surface area contributed by atoms with E-state index in [9.17, 15) is 4.79 Å². The predicted octanol–water partition coefficient (Wildman–Crippen LogP) is 4.17. The summed E-state index contributed by atoms with van der Waals surface area (Å²) < 4.78 is 1.45. The first-order valence-electron chi connectivity index (χ1n) is 11.5. The van der Waals surface area contributed by atoms with Crippen molar-refractivity contribution in [1.82, 2.24) is 15.1 Å². The maximum atomic E-state index is 11.9. The van der Waals surface area contributed by atoms with Crippen LogP contribution in [0.15, 0.2) is 23.6 Å². The monoisotopic (exact) mass is 426 g/mol. The number of benzene rings is 1. The van der Waals surface area contributed by atoms with Crippen LogP contribution < -0.4 is 10.2 Å². The average molecular weight is 427 g/mol. The number of nitrogens with one attached hydrogen (secondary N) is 1. The zero-order valence-corrected chi connectivity index (χ0v) is 19.1. The molecular formula is C24H34N4OS. The zero-order valence-electron chi connectivity index (χ0n) is 18.3. The number of carbonyl (C=O) groups excluding carboxylic acids is 1. The number of anilines is 1. The molecule has 0 radical (unpaired) electrons. The molecule has 5 nitrogen and oxygen atoms in total. The Morgan fingerprint density at radius 2 is 2.03 bits per heavy atom. The Labute approximate surface area is 184 Å². The molecule has 3 heterocycles. The molecule has 0 bridgehead atoms. The van der Waals surface area contributed by atoms with Crippen LogP contribution >= 0.6 is 11.3 Å². The molecule has 2 fully saturated rings. The van der Waals surface area contributed by atoms with Crippen molar-refractivity contribution in [2.45, 2.75) is 50.6 Å². The van der Waals surface area contributed by atoms with Gasteiger partial charge in [-0.1, -0.05) is 6.07 Å². The van der Waals surface area contributed by atoms with Crippen molar-refractivity contribution in [3.63, 3.8) is 0 Å². The van der Waals surface area contributed by atoms with Crippen LogP contribution in [0.4, 0.5) is 10.5 Å². The van der Waals surface area contributed by atoms with Gasteiger partial charge in [0.25, 0.3) is 0 Å². The SMILES string of the molecule is CN(C)C(=O)NC1CCC(CCN2CCN3c4cccc5scc(c45)C[C@@H]3C2)CC1. The fourth-order valence-corrected chi connectivity index (χ4v) is 6.65. The van der Waals surface area contributed by atoms with E-state index in [1.54, 1.807) is 10.5 Å². The molecule has 1 N–H and O–H groups in total. The number of hydrogen-bond donors (Lipinski definition) is 1. The molecule has 1 atom stereocenters. The number of rotatable bonds is 4. The predicted molar refractivity (Wildman–Crippen MR) is 126 cm³/mol. The van der Waals surface area contributed by atoms with E-state index in [0.717, 1.165) is 25.3 Å². The second kappa shape index (κ2) is 8.39. The van der Waals surface area contributed by atoms with Crippen LogP contribution in [0.1, 0.15) is 37.7 Å². The van der Waals surface area contributed by atoms with Crippen LogP contribution in [0, 0.1) is 5.92 Å². The zero-order chi connectivity index (χ0) is 20.7. The smallest absolute Gasteiger partial charge is 0.317 e. The lowest BCUT2D eigenvalue weighted by Crippen LogP contribution is -2.55. The fourth-order valence-electron chi connectivity index (χ4n) is 5.66. The van der Waals surface area contributed by atoms with Gasteiger partial charge in [0.2, 0.25) is 0 Å². The molecule has 1 aromatic heterocycles. The van der Waals surface area contributed by atoms with Crippen molar-refractivity contribution >= 4 is 33.1 Å². The third-order valence-corrected chi connectivity index (χ3v) is 8.42. The van der Waals surface area contributed by atoms with Crippen LogP contribution in [0.3, 0.4) is 0 Å². The Balaban J connectivity index is 1.11. The fraction of sp³-hybridized carbons (Fsp3) is 0.625. The lowest BCUT2D eigenvalue weighted by molar-refractivity contribution is 0.184. The van der Waals surface area contributed by atoms with E-state index < -0.39 is 0 Å². The molecule has 0 unspecified atom stereocenters. The summed E-state index contributed by atoms with van der Waals surface area (Å²) in [7, 11) is 3.62. The van der Waals surface area contributed by atoms with Crippen LogP contribution in [-0.4, -0.2) is 68.2 Å². The van der Waals surface area contributed by atoms with Gasteiger partial charge in [-0.05, 0) is 74.1 Å². The van der Waals surface area contributed by atoms with Gasteiger partial charge in [-0.3, -0.25) is 4.90 Å². The maximum Gasteiger partial charge on any atom is 0.317 e. The van der Waals surface area contributed by atoms with Gasteiger partial charge < -0.3 is 15.1 Å². The highest BCUT2D eigenvalue weighted by Crippen LogP contribution is 2.41. The first-order valence-corrected chi connectivity index (χ1v) is 12.4. The summed E-state index contributed by atoms with van der Waals surface area (Å²) in [5, 5.41) is 7.07. The van der Waals surface area contributed by atoms with Crippen molar-refractivity contribution in [2.75, 3.05) is 45.2 Å². The first-order chi connectivity index (χ1) is 14.6. The quantitative estimate of drug-likeness (QED) is 0.798. The number of thiophene rings is 1. The Morgan fingerprint density at radius 3 is 2.83 bits per heavy atom. The molecule has 5 rings (SSSR count). The second-order valence-electron chi connectivity index (χ2n) is 9.61. The van der Waals surface area contributed by atoms with E-state index in [0.29, 0.717) is 12.1 Å². The summed E-state index contributed by atoms with van der Waals surface area (Å²) in [6, 6.07) is 7.86. The van der Waals surface area contributed by atoms with Crippen molar-refractivity contribution in [3.05, 3.63) is 29.1 Å². The van der Waals surface area contributed by atoms with E-state index in [2.05, 4.69) is 38.7 Å². The molecule has 30 heavy (non-hydrogen) atoms. The molecule has 1 saturated carbocycles. The van der Waals surface area contributed by atoms with Gasteiger partial charge in [-0.15, -0.1) is 11.3 Å². The molecule has 6 heteroatoms. The van der Waals surface area contributed by atoms with Crippen molar-refractivity contribution in [2.24, 2.45) is 5.92 Å². The molecule has 1 saturated heterocycles. The molecule has 2 aromatic rings. The lowest BCUT2D eigenvalue weighted by atomic mass is 9.84. The van der Waals surface area contributed by atoms with Gasteiger partial charge in [0.1, 0.15) is 0 Å². The molecule has 2 aliphatic heterocycles. The first kappa shape index (κ1) is 20.1. The topological polar surface area (TPSA) is 38.8 Å². The molecule has 0 spiro atoms. The van der Waals surface area contributed by atoms with Crippen LogP contribution in [-0.2, 0) is 6.42 Å². The molecule has 2 amide bonds. The van der Waals surface area contributed by atoms with E-state index in [4.69, 9.17) is 0 Å². The Morgan fingerprint density at radius 1 is 1.20 bits per heavy atom. The summed E-state index contributed by atoms with van der Waals surface area (Å²) in [6.07, 6.45) is 7.27. The van der Waals surface area contributed by atoms with Gasteiger partial charge in [-0.25, -0.2) is 4.79 Å². The second-order valence-corrected chi connectivity index (χ2v) is 10.5. The van der Waals surface area contributed by atoms with E-state index in [-0.39, 0.29) is 6.03 Å². The molecule has 1 aromatic carbocycles. The average Bonchev–Trinajstić information content (AvgIpc) is 3.17. The summed E-state index contributed by atoms with van der Waals surface area (Å²) in [5.41, 5.74) is 3.03. The maximum absolute atomic E-state index is 11.9. The van der Waals surface area contributed by atoms with Crippen LogP contribution in [0.5, 0.6) is 0 Å². The number of urea groups is 1. The molecule has 3 aliphatic rings. The van der Waals surface area contributed by atoms with Crippen LogP contribution in [0.25, 0.3) is 10.1 Å². The minimum absolute atomic E-state index is 0.0493.